The van der Waals surface area contributed by atoms with Crippen LogP contribution in [0.5, 0.6) is 0 Å². The molecule has 3 aliphatic heterocycles. The van der Waals surface area contributed by atoms with E-state index in [0.717, 1.165) is 5.56 Å². The molecule has 3 atom stereocenters. The van der Waals surface area contributed by atoms with E-state index >= 15 is 4.39 Å². The Bertz CT molecular complexity index is 1230. The minimum absolute atomic E-state index is 0.0514. The normalized spacial score (nSPS) is 27.3. The predicted molar refractivity (Wildman–Crippen MR) is 136 cm³/mol. The summed E-state index contributed by atoms with van der Waals surface area (Å²) in [5, 5.41) is -0.645. The highest BCUT2D eigenvalue weighted by atomic mass is 32.2. The van der Waals surface area contributed by atoms with Gasteiger partial charge in [-0.25, -0.2) is 17.6 Å². The number of hydrogen-bond donors (Lipinski definition) is 0. The zero-order chi connectivity index (χ0) is 26.2. The number of anilines is 1. The molecule has 0 saturated carbocycles. The van der Waals surface area contributed by atoms with Gasteiger partial charge in [0.1, 0.15) is 17.1 Å². The summed E-state index contributed by atoms with van der Waals surface area (Å²) >= 11 is 0. The molecule has 2 aromatic rings. The summed E-state index contributed by atoms with van der Waals surface area (Å²) in [6.07, 6.45) is 2.05. The largest absolute Gasteiger partial charge is 0.467 e. The molecule has 3 fully saturated rings. The average molecular weight is 533 g/mol. The van der Waals surface area contributed by atoms with Crippen LogP contribution in [-0.4, -0.2) is 63.4 Å². The fraction of sp³-hybridized carbons (Fsp3) is 0.519. The van der Waals surface area contributed by atoms with Crippen LogP contribution in [0.2, 0.25) is 0 Å². The smallest absolute Gasteiger partial charge is 0.328 e. The lowest BCUT2D eigenvalue weighted by atomic mass is 9.94. The molecule has 0 N–H and O–H groups in total. The summed E-state index contributed by atoms with van der Waals surface area (Å²) < 4.78 is 60.6. The highest BCUT2D eigenvalue weighted by Gasteiger charge is 2.47. The van der Waals surface area contributed by atoms with Gasteiger partial charge in [0.25, 0.3) is 0 Å². The zero-order valence-electron chi connectivity index (χ0n) is 21.1. The maximum Gasteiger partial charge on any atom is 0.328 e. The lowest BCUT2D eigenvalue weighted by Gasteiger charge is -2.43. The number of esters is 1. The number of carbonyl (C=O) groups is 1. The molecule has 0 bridgehead atoms. The van der Waals surface area contributed by atoms with Gasteiger partial charge in [-0.1, -0.05) is 36.4 Å². The Morgan fingerprint density at radius 1 is 1.14 bits per heavy atom. The summed E-state index contributed by atoms with van der Waals surface area (Å²) in [7, 11) is -2.36. The van der Waals surface area contributed by atoms with Gasteiger partial charge in [-0.15, -0.1) is 0 Å². The first-order chi connectivity index (χ1) is 17.7. The first-order valence-electron chi connectivity index (χ1n) is 12.7. The Balaban J connectivity index is 1.37. The quantitative estimate of drug-likeness (QED) is 0.542. The number of halogens is 1. The molecule has 0 aliphatic carbocycles. The summed E-state index contributed by atoms with van der Waals surface area (Å²) in [5.41, 5.74) is 1.57. The number of hydrogen-bond acceptors (Lipinski definition) is 7. The Hall–Kier alpha value is -2.53. The molecule has 3 heterocycles. The molecule has 5 rings (SSSR count). The van der Waals surface area contributed by atoms with Crippen molar-refractivity contribution in [3.8, 4) is 0 Å². The topological polar surface area (TPSA) is 85.4 Å². The van der Waals surface area contributed by atoms with Gasteiger partial charge in [0, 0.05) is 43.2 Å². The highest BCUT2D eigenvalue weighted by Crippen LogP contribution is 2.40. The highest BCUT2D eigenvalue weighted by molar-refractivity contribution is 7.89. The predicted octanol–water partition coefficient (Wildman–Crippen LogP) is 3.77. The molecule has 0 unspecified atom stereocenters. The number of carbonyl (C=O) groups excluding carboxylic acids is 1. The van der Waals surface area contributed by atoms with Crippen molar-refractivity contribution in [2.45, 2.75) is 62.3 Å². The third-order valence-corrected chi connectivity index (χ3v) is 10.2. The second-order valence-electron chi connectivity index (χ2n) is 9.99. The van der Waals surface area contributed by atoms with Gasteiger partial charge in [-0.3, -0.25) is 0 Å². The van der Waals surface area contributed by atoms with E-state index in [4.69, 9.17) is 14.2 Å². The monoisotopic (exact) mass is 532 g/mol. The maximum absolute atomic E-state index is 15.4. The fourth-order valence-electron chi connectivity index (χ4n) is 5.73. The molecule has 0 radical (unpaired) electrons. The number of methoxy groups -OCH3 is 1. The Labute approximate surface area is 217 Å². The van der Waals surface area contributed by atoms with Crippen molar-refractivity contribution >= 4 is 21.7 Å². The van der Waals surface area contributed by atoms with Crippen molar-refractivity contribution in [1.82, 2.24) is 4.31 Å². The third-order valence-electron chi connectivity index (χ3n) is 7.79. The van der Waals surface area contributed by atoms with Gasteiger partial charge in [-0.05, 0) is 37.5 Å². The van der Waals surface area contributed by atoms with Crippen molar-refractivity contribution in [3.05, 3.63) is 65.5 Å². The Morgan fingerprint density at radius 3 is 2.54 bits per heavy atom. The molecule has 200 valence electrons. The number of sulfonamides is 1. The van der Waals surface area contributed by atoms with Crippen LogP contribution in [0.25, 0.3) is 0 Å². The van der Waals surface area contributed by atoms with E-state index < -0.39 is 38.9 Å². The molecule has 8 nitrogen and oxygen atoms in total. The molecule has 37 heavy (non-hydrogen) atoms. The summed E-state index contributed by atoms with van der Waals surface area (Å²) in [6, 6.07) is 13.0. The standard InChI is InChI=1S/C27H33FN2O6S/c1-19-8-11-25(20-6-4-3-5-7-20)37(32,33)30(19)18-21-9-10-22(16-23(21)28)29-13-12-27(35-14-15-36-27)17-24(29)26(31)34-2/h3-7,9-10,16,19,24-25H,8,11-15,17-18H2,1-2H3/t19-,24+,25+/m0/s1. The van der Waals surface area contributed by atoms with Crippen molar-refractivity contribution in [3.63, 3.8) is 0 Å². The van der Waals surface area contributed by atoms with Gasteiger partial charge in [0.05, 0.1) is 20.3 Å². The second-order valence-corrected chi connectivity index (χ2v) is 12.1. The van der Waals surface area contributed by atoms with Crippen LogP contribution in [-0.2, 0) is 35.6 Å². The number of piperidine rings is 1. The molecule has 0 amide bonds. The minimum atomic E-state index is -3.68. The SMILES string of the molecule is COC(=O)[C@H]1CC2(CCN1c1ccc(CN3[C@@H](C)CC[C@H](c4ccccc4)S3(=O)=O)c(F)c1)OCCO2. The van der Waals surface area contributed by atoms with E-state index in [1.54, 1.807) is 17.0 Å². The van der Waals surface area contributed by atoms with Gasteiger partial charge < -0.3 is 19.1 Å². The van der Waals surface area contributed by atoms with Crippen LogP contribution < -0.4 is 4.90 Å². The van der Waals surface area contributed by atoms with Gasteiger partial charge >= 0.3 is 5.97 Å². The van der Waals surface area contributed by atoms with Crippen molar-refractivity contribution < 1.29 is 31.8 Å². The molecule has 10 heteroatoms. The fourth-order valence-corrected chi connectivity index (χ4v) is 7.92. The van der Waals surface area contributed by atoms with Crippen molar-refractivity contribution in [1.29, 1.82) is 0 Å². The van der Waals surface area contributed by atoms with Crippen molar-refractivity contribution in [2.24, 2.45) is 0 Å². The number of nitrogens with zero attached hydrogens (tertiary/aromatic N) is 2. The number of ether oxygens (including phenoxy) is 3. The summed E-state index contributed by atoms with van der Waals surface area (Å²) in [5.74, 6) is -1.77. The second kappa shape index (κ2) is 10.3. The van der Waals surface area contributed by atoms with Gasteiger partial charge in [-0.2, -0.15) is 4.31 Å². The molecule has 0 aromatic heterocycles. The van der Waals surface area contributed by atoms with Crippen LogP contribution in [0.15, 0.2) is 48.5 Å². The maximum atomic E-state index is 15.4. The lowest BCUT2D eigenvalue weighted by molar-refractivity contribution is -0.183. The minimum Gasteiger partial charge on any atom is -0.467 e. The van der Waals surface area contributed by atoms with E-state index in [1.807, 2.05) is 37.3 Å². The summed E-state index contributed by atoms with van der Waals surface area (Å²) in [4.78, 5) is 14.4. The van der Waals surface area contributed by atoms with Crippen molar-refractivity contribution in [2.75, 3.05) is 31.8 Å². The van der Waals surface area contributed by atoms with Crippen LogP contribution in [0.4, 0.5) is 10.1 Å². The van der Waals surface area contributed by atoms with Gasteiger partial charge in [0.2, 0.25) is 10.0 Å². The van der Waals surface area contributed by atoms with Crippen LogP contribution in [0.1, 0.15) is 49.0 Å². The molecule has 1 spiro atoms. The van der Waals surface area contributed by atoms with E-state index in [0.29, 0.717) is 50.3 Å². The van der Waals surface area contributed by atoms with E-state index in [9.17, 15) is 13.2 Å². The molecular weight excluding hydrogens is 499 g/mol. The number of benzene rings is 2. The van der Waals surface area contributed by atoms with Crippen LogP contribution in [0, 0.1) is 5.82 Å². The molecule has 3 aliphatic rings. The Morgan fingerprint density at radius 2 is 1.86 bits per heavy atom. The van der Waals surface area contributed by atoms with Crippen LogP contribution in [0.3, 0.4) is 0 Å². The molecule has 3 saturated heterocycles. The zero-order valence-corrected chi connectivity index (χ0v) is 22.0. The average Bonchev–Trinajstić information content (AvgIpc) is 3.34. The summed E-state index contributed by atoms with van der Waals surface area (Å²) in [6.45, 7) is 3.18. The first-order valence-corrected chi connectivity index (χ1v) is 14.2. The van der Waals surface area contributed by atoms with E-state index in [1.165, 1.54) is 17.5 Å². The molecule has 2 aromatic carbocycles. The Kier molecular flexibility index (Phi) is 7.28. The van der Waals surface area contributed by atoms with E-state index in [-0.39, 0.29) is 19.0 Å². The molecular formula is C27H33FN2O6S. The number of rotatable bonds is 5. The third kappa shape index (κ3) is 4.99. The van der Waals surface area contributed by atoms with Gasteiger partial charge in [0.15, 0.2) is 5.79 Å². The van der Waals surface area contributed by atoms with E-state index in [2.05, 4.69) is 0 Å². The first kappa shape index (κ1) is 26.1. The lowest BCUT2D eigenvalue weighted by Crippen LogP contribution is -2.54. The van der Waals surface area contributed by atoms with Crippen LogP contribution >= 0.6 is 0 Å².